The molecule has 26 heavy (non-hydrogen) atoms. The highest BCUT2D eigenvalue weighted by Gasteiger charge is 2.22. The minimum Gasteiger partial charge on any atom is -0.290 e. The molecule has 0 radical (unpaired) electrons. The van der Waals surface area contributed by atoms with Gasteiger partial charge in [0.15, 0.2) is 5.16 Å². The van der Waals surface area contributed by atoms with Gasteiger partial charge in [0.05, 0.1) is 4.90 Å². The molecule has 2 heterocycles. The maximum absolute atomic E-state index is 12.5. The molecule has 0 saturated heterocycles. The molecule has 1 aromatic carbocycles. The van der Waals surface area contributed by atoms with Crippen molar-refractivity contribution >= 4 is 33.6 Å². The van der Waals surface area contributed by atoms with Crippen LogP contribution in [0, 0.1) is 0 Å². The number of hydrogen-bond donors (Lipinski definition) is 1. The van der Waals surface area contributed by atoms with Crippen molar-refractivity contribution in [2.45, 2.75) is 36.9 Å². The molecule has 140 valence electrons. The average molecular weight is 396 g/mol. The first-order chi connectivity index (χ1) is 12.5. The smallest absolute Gasteiger partial charge is 0.258 e. The van der Waals surface area contributed by atoms with E-state index in [2.05, 4.69) is 15.5 Å². The molecule has 0 bridgehead atoms. The number of sulfonamides is 1. The van der Waals surface area contributed by atoms with E-state index in [4.69, 9.17) is 0 Å². The van der Waals surface area contributed by atoms with Gasteiger partial charge in [0.2, 0.25) is 16.0 Å². The molecule has 8 nitrogen and oxygen atoms in total. The maximum atomic E-state index is 12.5. The van der Waals surface area contributed by atoms with Gasteiger partial charge in [-0.05, 0) is 30.7 Å². The third-order valence-corrected chi connectivity index (χ3v) is 7.28. The zero-order chi connectivity index (χ0) is 18.7. The van der Waals surface area contributed by atoms with Gasteiger partial charge in [-0.1, -0.05) is 25.6 Å². The summed E-state index contributed by atoms with van der Waals surface area (Å²) in [6.07, 6.45) is 0.997. The Balaban J connectivity index is 1.76. The van der Waals surface area contributed by atoms with Crippen molar-refractivity contribution in [1.29, 1.82) is 0 Å². The largest absolute Gasteiger partial charge is 0.290 e. The average Bonchev–Trinajstić information content (AvgIpc) is 3.05. The van der Waals surface area contributed by atoms with E-state index in [1.54, 1.807) is 25.6 Å². The SMILES string of the molecule is CCN(CC)S(=O)(=O)c1ccc(C(=O)Nc2nnc3n2CCCS3)cc1. The van der Waals surface area contributed by atoms with Crippen molar-refractivity contribution < 1.29 is 13.2 Å². The molecular formula is C16H21N5O3S2. The van der Waals surface area contributed by atoms with E-state index in [0.29, 0.717) is 24.6 Å². The molecule has 0 atom stereocenters. The summed E-state index contributed by atoms with van der Waals surface area (Å²) in [6, 6.07) is 5.93. The molecule has 0 fully saturated rings. The van der Waals surface area contributed by atoms with Gasteiger partial charge in [0, 0.05) is 31.0 Å². The number of amides is 1. The lowest BCUT2D eigenvalue weighted by atomic mass is 10.2. The summed E-state index contributed by atoms with van der Waals surface area (Å²) >= 11 is 1.61. The van der Waals surface area contributed by atoms with Gasteiger partial charge in [0.25, 0.3) is 5.91 Å². The highest BCUT2D eigenvalue weighted by atomic mass is 32.2. The third kappa shape index (κ3) is 3.62. The van der Waals surface area contributed by atoms with E-state index in [0.717, 1.165) is 23.9 Å². The molecule has 1 amide bonds. The van der Waals surface area contributed by atoms with Crippen LogP contribution in [-0.4, -0.2) is 52.2 Å². The van der Waals surface area contributed by atoms with E-state index in [1.807, 2.05) is 4.57 Å². The molecule has 1 aromatic heterocycles. The van der Waals surface area contributed by atoms with Crippen LogP contribution in [0.1, 0.15) is 30.6 Å². The lowest BCUT2D eigenvalue weighted by Crippen LogP contribution is -2.30. The lowest BCUT2D eigenvalue weighted by molar-refractivity contribution is 0.102. The zero-order valence-corrected chi connectivity index (χ0v) is 16.3. The Kier molecular flexibility index (Phi) is 5.64. The number of anilines is 1. The third-order valence-electron chi connectivity index (χ3n) is 4.16. The summed E-state index contributed by atoms with van der Waals surface area (Å²) in [5.41, 5.74) is 0.365. The van der Waals surface area contributed by atoms with E-state index in [-0.39, 0.29) is 10.8 Å². The first-order valence-electron chi connectivity index (χ1n) is 8.45. The van der Waals surface area contributed by atoms with Crippen molar-refractivity contribution in [1.82, 2.24) is 19.1 Å². The van der Waals surface area contributed by atoms with Crippen molar-refractivity contribution in [3.8, 4) is 0 Å². The van der Waals surface area contributed by atoms with Gasteiger partial charge in [-0.2, -0.15) is 4.31 Å². The Labute approximate surface area is 157 Å². The van der Waals surface area contributed by atoms with Crippen LogP contribution in [0.2, 0.25) is 0 Å². The van der Waals surface area contributed by atoms with Crippen LogP contribution in [0.5, 0.6) is 0 Å². The zero-order valence-electron chi connectivity index (χ0n) is 14.7. The number of hydrogen-bond acceptors (Lipinski definition) is 6. The fourth-order valence-corrected chi connectivity index (χ4v) is 5.09. The Morgan fingerprint density at radius 2 is 1.92 bits per heavy atom. The summed E-state index contributed by atoms with van der Waals surface area (Å²) < 4.78 is 28.2. The standard InChI is InChI=1S/C16H21N5O3S2/c1-3-20(4-2)26(23,24)13-8-6-12(7-9-13)14(22)17-15-18-19-16-21(15)10-5-11-25-16/h6-9H,3-5,10-11H2,1-2H3,(H,17,18,22). The van der Waals surface area contributed by atoms with Crippen molar-refractivity contribution in [2.75, 3.05) is 24.2 Å². The second kappa shape index (κ2) is 7.77. The fourth-order valence-electron chi connectivity index (χ4n) is 2.74. The minimum absolute atomic E-state index is 0.175. The molecule has 1 N–H and O–H groups in total. The first kappa shape index (κ1) is 18.9. The van der Waals surface area contributed by atoms with Crippen molar-refractivity contribution in [2.24, 2.45) is 0 Å². The molecule has 0 saturated carbocycles. The molecule has 0 unspecified atom stereocenters. The van der Waals surface area contributed by atoms with E-state index >= 15 is 0 Å². The Morgan fingerprint density at radius 1 is 1.23 bits per heavy atom. The molecule has 0 spiro atoms. The maximum Gasteiger partial charge on any atom is 0.258 e. The molecule has 1 aliphatic heterocycles. The molecular weight excluding hydrogens is 374 g/mol. The van der Waals surface area contributed by atoms with Gasteiger partial charge in [-0.3, -0.25) is 14.7 Å². The van der Waals surface area contributed by atoms with Crippen LogP contribution in [0.3, 0.4) is 0 Å². The summed E-state index contributed by atoms with van der Waals surface area (Å²) in [7, 11) is -3.53. The molecule has 0 aliphatic carbocycles. The summed E-state index contributed by atoms with van der Waals surface area (Å²) in [5.74, 6) is 1.06. The number of nitrogens with zero attached hydrogens (tertiary/aromatic N) is 4. The monoisotopic (exact) mass is 395 g/mol. The van der Waals surface area contributed by atoms with Crippen LogP contribution in [-0.2, 0) is 16.6 Å². The number of nitrogens with one attached hydrogen (secondary N) is 1. The normalized spacial score (nSPS) is 14.3. The van der Waals surface area contributed by atoms with Crippen molar-refractivity contribution in [3.63, 3.8) is 0 Å². The summed E-state index contributed by atoms with van der Waals surface area (Å²) in [4.78, 5) is 12.6. The predicted octanol–water partition coefficient (Wildman–Crippen LogP) is 2.06. The predicted molar refractivity (Wildman–Crippen MR) is 99.9 cm³/mol. The minimum atomic E-state index is -3.53. The summed E-state index contributed by atoms with van der Waals surface area (Å²) in [6.45, 7) is 5.15. The van der Waals surface area contributed by atoms with Crippen LogP contribution in [0.15, 0.2) is 34.3 Å². The quantitative estimate of drug-likeness (QED) is 0.804. The first-order valence-corrected chi connectivity index (χ1v) is 10.9. The van der Waals surface area contributed by atoms with Crippen LogP contribution in [0.25, 0.3) is 0 Å². The summed E-state index contributed by atoms with van der Waals surface area (Å²) in [5, 5.41) is 11.6. The number of benzene rings is 1. The number of carbonyl (C=O) groups excluding carboxylic acids is 1. The van der Waals surface area contributed by atoms with Gasteiger partial charge >= 0.3 is 0 Å². The number of rotatable bonds is 6. The molecule has 3 rings (SSSR count). The number of thioether (sulfide) groups is 1. The van der Waals surface area contributed by atoms with E-state index in [1.165, 1.54) is 28.6 Å². The van der Waals surface area contributed by atoms with Gasteiger partial charge < -0.3 is 0 Å². The van der Waals surface area contributed by atoms with Gasteiger partial charge in [-0.25, -0.2) is 8.42 Å². The topological polar surface area (TPSA) is 97.2 Å². The molecule has 10 heteroatoms. The number of fused-ring (bicyclic) bond motifs is 1. The van der Waals surface area contributed by atoms with Crippen LogP contribution >= 0.6 is 11.8 Å². The molecule has 2 aromatic rings. The van der Waals surface area contributed by atoms with Crippen LogP contribution < -0.4 is 5.32 Å². The highest BCUT2D eigenvalue weighted by molar-refractivity contribution is 7.99. The van der Waals surface area contributed by atoms with E-state index < -0.39 is 10.0 Å². The number of aromatic nitrogens is 3. The van der Waals surface area contributed by atoms with Gasteiger partial charge in [-0.15, -0.1) is 10.2 Å². The van der Waals surface area contributed by atoms with Crippen LogP contribution in [0.4, 0.5) is 5.95 Å². The van der Waals surface area contributed by atoms with Crippen molar-refractivity contribution in [3.05, 3.63) is 29.8 Å². The van der Waals surface area contributed by atoms with E-state index in [9.17, 15) is 13.2 Å². The Hall–Kier alpha value is -1.91. The van der Waals surface area contributed by atoms with Gasteiger partial charge in [0.1, 0.15) is 0 Å². The highest BCUT2D eigenvalue weighted by Crippen LogP contribution is 2.25. The Morgan fingerprint density at radius 3 is 2.58 bits per heavy atom. The number of carbonyl (C=O) groups is 1. The Bertz CT molecular complexity index is 889. The lowest BCUT2D eigenvalue weighted by Gasteiger charge is -2.18. The molecule has 1 aliphatic rings. The second-order valence-electron chi connectivity index (χ2n) is 5.73. The second-order valence-corrected chi connectivity index (χ2v) is 8.73. The fraction of sp³-hybridized carbons (Fsp3) is 0.438.